The van der Waals surface area contributed by atoms with E-state index in [4.69, 9.17) is 9.94 Å². The lowest BCUT2D eigenvalue weighted by atomic mass is 9.85. The Balaban J connectivity index is 2.31. The van der Waals surface area contributed by atoms with Gasteiger partial charge < -0.3 is 15.3 Å². The summed E-state index contributed by atoms with van der Waals surface area (Å²) in [7, 11) is 0. The van der Waals surface area contributed by atoms with Gasteiger partial charge in [0.2, 0.25) is 0 Å². The molecule has 0 aromatic rings. The van der Waals surface area contributed by atoms with E-state index in [0.29, 0.717) is 6.54 Å². The Kier molecular flexibility index (Phi) is 5.21. The first-order valence-electron chi connectivity index (χ1n) is 6.29. The number of carbonyl (C=O) groups excluding carboxylic acids is 1. The van der Waals surface area contributed by atoms with Crippen LogP contribution in [0.3, 0.4) is 0 Å². The van der Waals surface area contributed by atoms with Crippen molar-refractivity contribution in [3.8, 4) is 0 Å². The summed E-state index contributed by atoms with van der Waals surface area (Å²) in [5.41, 5.74) is 1.87. The first-order chi connectivity index (χ1) is 7.92. The van der Waals surface area contributed by atoms with Gasteiger partial charge in [0.05, 0.1) is 0 Å². The molecule has 5 nitrogen and oxygen atoms in total. The Morgan fingerprint density at radius 2 is 2.00 bits per heavy atom. The molecule has 5 heteroatoms. The highest BCUT2D eigenvalue weighted by Crippen LogP contribution is 2.23. The molecule has 100 valence electrons. The van der Waals surface area contributed by atoms with E-state index in [1.54, 1.807) is 0 Å². The summed E-state index contributed by atoms with van der Waals surface area (Å²) in [5.74, 6) is 0.279. The van der Waals surface area contributed by atoms with Crippen LogP contribution >= 0.6 is 0 Å². The number of nitrogens with one attached hydrogen (secondary N) is 2. The van der Waals surface area contributed by atoms with E-state index in [1.165, 1.54) is 0 Å². The minimum absolute atomic E-state index is 0.0821. The summed E-state index contributed by atoms with van der Waals surface area (Å²) in [6, 6.07) is 0.0821. The van der Waals surface area contributed by atoms with Gasteiger partial charge >= 0.3 is 6.09 Å². The maximum absolute atomic E-state index is 11.5. The van der Waals surface area contributed by atoms with Crippen LogP contribution in [0.25, 0.3) is 0 Å². The van der Waals surface area contributed by atoms with Gasteiger partial charge in [0.1, 0.15) is 5.60 Å². The topological polar surface area (TPSA) is 70.6 Å². The number of ether oxygens (including phenoxy) is 1. The number of hydroxylamine groups is 1. The van der Waals surface area contributed by atoms with Gasteiger partial charge in [-0.3, -0.25) is 0 Å². The summed E-state index contributed by atoms with van der Waals surface area (Å²) >= 11 is 0. The van der Waals surface area contributed by atoms with Crippen LogP contribution in [0, 0.1) is 5.92 Å². The lowest BCUT2D eigenvalue weighted by molar-refractivity contribution is 0.0465. The molecular formula is C12H24N2O3. The minimum atomic E-state index is -0.467. The normalized spacial score (nSPS) is 25.4. The second-order valence-corrected chi connectivity index (χ2v) is 5.66. The molecule has 0 aromatic carbocycles. The maximum atomic E-state index is 11.5. The first-order valence-corrected chi connectivity index (χ1v) is 6.29. The third kappa shape index (κ3) is 5.37. The molecule has 1 aliphatic carbocycles. The van der Waals surface area contributed by atoms with E-state index in [0.717, 1.165) is 25.7 Å². The van der Waals surface area contributed by atoms with Crippen molar-refractivity contribution in [2.24, 2.45) is 5.92 Å². The van der Waals surface area contributed by atoms with Crippen LogP contribution in [-0.2, 0) is 4.74 Å². The molecule has 0 radical (unpaired) electrons. The Hall–Kier alpha value is -0.810. The zero-order valence-corrected chi connectivity index (χ0v) is 11.0. The first kappa shape index (κ1) is 14.3. The van der Waals surface area contributed by atoms with Crippen molar-refractivity contribution < 1.29 is 14.7 Å². The number of hydrogen-bond donors (Lipinski definition) is 3. The van der Waals surface area contributed by atoms with E-state index in [1.807, 2.05) is 20.8 Å². The van der Waals surface area contributed by atoms with Crippen LogP contribution < -0.4 is 10.8 Å². The fourth-order valence-corrected chi connectivity index (χ4v) is 2.15. The van der Waals surface area contributed by atoms with Gasteiger partial charge in [-0.15, -0.1) is 0 Å². The summed E-state index contributed by atoms with van der Waals surface area (Å²) in [6.07, 6.45) is 3.87. The molecule has 0 aliphatic heterocycles. The van der Waals surface area contributed by atoms with Gasteiger partial charge in [0.25, 0.3) is 0 Å². The molecule has 1 amide bonds. The molecule has 3 N–H and O–H groups in total. The second kappa shape index (κ2) is 6.21. The molecule has 0 aromatic heterocycles. The second-order valence-electron chi connectivity index (χ2n) is 5.66. The monoisotopic (exact) mass is 244 g/mol. The molecule has 17 heavy (non-hydrogen) atoms. The van der Waals surface area contributed by atoms with Gasteiger partial charge in [-0.1, -0.05) is 12.8 Å². The highest BCUT2D eigenvalue weighted by atomic mass is 16.6. The third-order valence-corrected chi connectivity index (χ3v) is 2.98. The smallest absolute Gasteiger partial charge is 0.407 e. The van der Waals surface area contributed by atoms with Gasteiger partial charge in [-0.2, -0.15) is 0 Å². The minimum Gasteiger partial charge on any atom is -0.444 e. The molecular weight excluding hydrogens is 220 g/mol. The highest BCUT2D eigenvalue weighted by Gasteiger charge is 2.25. The van der Waals surface area contributed by atoms with Crippen LogP contribution in [-0.4, -0.2) is 29.5 Å². The quantitative estimate of drug-likeness (QED) is 0.664. The molecule has 1 aliphatic rings. The zero-order valence-electron chi connectivity index (χ0n) is 11.0. The molecule has 2 unspecified atom stereocenters. The Bertz CT molecular complexity index is 251. The average Bonchev–Trinajstić information content (AvgIpc) is 2.24. The average molecular weight is 244 g/mol. The SMILES string of the molecule is CC(C)(C)OC(=O)NCC1CCCCC1NO. The standard InChI is InChI=1S/C12H24N2O3/c1-12(2,3)17-11(15)13-8-9-6-4-5-7-10(9)14-16/h9-10,14,16H,4-8H2,1-3H3,(H,13,15). The van der Waals surface area contributed by atoms with Crippen molar-refractivity contribution in [2.45, 2.75) is 58.1 Å². The van der Waals surface area contributed by atoms with E-state index in [9.17, 15) is 4.79 Å². The van der Waals surface area contributed by atoms with Crippen LogP contribution in [0.4, 0.5) is 4.79 Å². The van der Waals surface area contributed by atoms with Gasteiger partial charge in [-0.25, -0.2) is 10.3 Å². The van der Waals surface area contributed by atoms with Gasteiger partial charge in [0.15, 0.2) is 0 Å². The van der Waals surface area contributed by atoms with Gasteiger partial charge in [-0.05, 0) is 39.5 Å². The van der Waals surface area contributed by atoms with Crippen LogP contribution in [0.2, 0.25) is 0 Å². The Morgan fingerprint density at radius 3 is 2.59 bits per heavy atom. The van der Waals surface area contributed by atoms with E-state index < -0.39 is 5.60 Å². The number of amides is 1. The number of alkyl carbamates (subject to hydrolysis) is 1. The number of hydrogen-bond acceptors (Lipinski definition) is 4. The van der Waals surface area contributed by atoms with Crippen LogP contribution in [0.15, 0.2) is 0 Å². The molecule has 0 saturated heterocycles. The van der Waals surface area contributed by atoms with Crippen molar-refractivity contribution >= 4 is 6.09 Å². The maximum Gasteiger partial charge on any atom is 0.407 e. The molecule has 0 heterocycles. The van der Waals surface area contributed by atoms with Crippen molar-refractivity contribution in [1.29, 1.82) is 0 Å². The number of rotatable bonds is 3. The van der Waals surface area contributed by atoms with Crippen LogP contribution in [0.1, 0.15) is 46.5 Å². The Morgan fingerprint density at radius 1 is 1.35 bits per heavy atom. The summed E-state index contributed by atoms with van der Waals surface area (Å²) in [6.45, 7) is 6.06. The van der Waals surface area contributed by atoms with Crippen molar-refractivity contribution in [2.75, 3.05) is 6.54 Å². The largest absolute Gasteiger partial charge is 0.444 e. The predicted molar refractivity (Wildman–Crippen MR) is 64.9 cm³/mol. The number of carbonyl (C=O) groups is 1. The fourth-order valence-electron chi connectivity index (χ4n) is 2.15. The molecule has 2 atom stereocenters. The van der Waals surface area contributed by atoms with E-state index >= 15 is 0 Å². The van der Waals surface area contributed by atoms with E-state index in [2.05, 4.69) is 10.8 Å². The van der Waals surface area contributed by atoms with Gasteiger partial charge in [0, 0.05) is 12.6 Å². The van der Waals surface area contributed by atoms with E-state index in [-0.39, 0.29) is 18.1 Å². The van der Waals surface area contributed by atoms with Crippen LogP contribution in [0.5, 0.6) is 0 Å². The summed E-state index contributed by atoms with van der Waals surface area (Å²) < 4.78 is 5.16. The lowest BCUT2D eigenvalue weighted by Gasteiger charge is -2.30. The molecule has 0 bridgehead atoms. The zero-order chi connectivity index (χ0) is 12.9. The molecule has 1 saturated carbocycles. The Labute approximate surface area is 103 Å². The molecule has 1 rings (SSSR count). The van der Waals surface area contributed by atoms with Crippen molar-refractivity contribution in [3.63, 3.8) is 0 Å². The molecule has 1 fully saturated rings. The lowest BCUT2D eigenvalue weighted by Crippen LogP contribution is -2.44. The van der Waals surface area contributed by atoms with Crippen molar-refractivity contribution in [3.05, 3.63) is 0 Å². The highest BCUT2D eigenvalue weighted by molar-refractivity contribution is 5.67. The van der Waals surface area contributed by atoms with Crippen molar-refractivity contribution in [1.82, 2.24) is 10.8 Å². The summed E-state index contributed by atoms with van der Waals surface area (Å²) in [4.78, 5) is 11.5. The third-order valence-electron chi connectivity index (χ3n) is 2.98. The predicted octanol–water partition coefficient (Wildman–Crippen LogP) is 2.05. The fraction of sp³-hybridized carbons (Fsp3) is 0.917. The summed E-state index contributed by atoms with van der Waals surface area (Å²) in [5, 5.41) is 11.8. The molecule has 0 spiro atoms.